The summed E-state index contributed by atoms with van der Waals surface area (Å²) in [5, 5.41) is 0. The van der Waals surface area contributed by atoms with Gasteiger partial charge in [0.2, 0.25) is 0 Å². The molecule has 2 rings (SSSR count). The van der Waals surface area contributed by atoms with Crippen molar-refractivity contribution in [1.29, 1.82) is 0 Å². The Labute approximate surface area is 107 Å². The zero-order valence-corrected chi connectivity index (χ0v) is 11.1. The molecule has 0 bridgehead atoms. The van der Waals surface area contributed by atoms with E-state index in [-0.39, 0.29) is 0 Å². The number of nitrogens with one attached hydrogen (secondary N) is 1. The van der Waals surface area contributed by atoms with E-state index in [1.54, 1.807) is 6.33 Å². The maximum Gasteiger partial charge on any atom is 0.133 e. The lowest BCUT2D eigenvalue weighted by Crippen LogP contribution is -1.98. The van der Waals surface area contributed by atoms with E-state index in [0.29, 0.717) is 10.6 Å². The van der Waals surface area contributed by atoms with Gasteiger partial charge in [0.25, 0.3) is 0 Å². The largest absolute Gasteiger partial charge is 0.346 e. The van der Waals surface area contributed by atoms with Crippen LogP contribution in [0.4, 0.5) is 0 Å². The van der Waals surface area contributed by atoms with Crippen LogP contribution in [-0.4, -0.2) is 9.97 Å². The van der Waals surface area contributed by atoms with Crippen LogP contribution in [0, 0.1) is 11.6 Å². The number of nitrogens with zero attached hydrogens (tertiary/aromatic N) is 1. The molecule has 1 heterocycles. The zero-order valence-electron chi connectivity index (χ0n) is 10.3. The smallest absolute Gasteiger partial charge is 0.133 e. The lowest BCUT2D eigenvalue weighted by Gasteiger charge is -2.12. The third kappa shape index (κ3) is 2.44. The molecule has 0 radical (unpaired) electrons. The van der Waals surface area contributed by atoms with Gasteiger partial charge < -0.3 is 4.98 Å². The maximum absolute atomic E-state index is 5.32. The van der Waals surface area contributed by atoms with Crippen LogP contribution in [0.3, 0.4) is 0 Å². The first kappa shape index (κ1) is 12.0. The van der Waals surface area contributed by atoms with Crippen molar-refractivity contribution in [3.05, 3.63) is 46.4 Å². The van der Waals surface area contributed by atoms with Crippen LogP contribution < -0.4 is 0 Å². The van der Waals surface area contributed by atoms with Crippen LogP contribution in [0.2, 0.25) is 0 Å². The first-order valence-electron chi connectivity index (χ1n) is 5.74. The second kappa shape index (κ2) is 4.80. The molecule has 0 spiro atoms. The molecule has 0 atom stereocenters. The van der Waals surface area contributed by atoms with Crippen molar-refractivity contribution < 1.29 is 0 Å². The van der Waals surface area contributed by atoms with Gasteiger partial charge in [-0.3, -0.25) is 0 Å². The summed E-state index contributed by atoms with van der Waals surface area (Å²) in [5.74, 6) is 0.364. The van der Waals surface area contributed by atoms with Crippen molar-refractivity contribution in [2.75, 3.05) is 0 Å². The summed E-state index contributed by atoms with van der Waals surface area (Å²) in [4.78, 5) is 7.39. The lowest BCUT2D eigenvalue weighted by molar-refractivity contribution is 0.844. The highest BCUT2D eigenvalue weighted by Crippen LogP contribution is 2.27. The number of benzene rings is 1. The normalized spacial score (nSPS) is 10.8. The minimum absolute atomic E-state index is 0.364. The molecule has 0 saturated heterocycles. The Balaban J connectivity index is 2.67. The zero-order chi connectivity index (χ0) is 12.4. The third-order valence-corrected chi connectivity index (χ3v) is 3.10. The average Bonchev–Trinajstić information content (AvgIpc) is 2.28. The van der Waals surface area contributed by atoms with Crippen molar-refractivity contribution in [3.8, 4) is 11.3 Å². The molecule has 1 N–H and O–H groups in total. The number of aromatic nitrogens is 2. The van der Waals surface area contributed by atoms with Gasteiger partial charge in [0, 0.05) is 5.56 Å². The molecular formula is C14H16N2S. The molecule has 1 aromatic carbocycles. The maximum atomic E-state index is 5.32. The quantitative estimate of drug-likeness (QED) is 0.800. The van der Waals surface area contributed by atoms with E-state index in [9.17, 15) is 0 Å². The van der Waals surface area contributed by atoms with E-state index in [2.05, 4.69) is 55.0 Å². The molecule has 2 aromatic rings. The van der Waals surface area contributed by atoms with E-state index in [4.69, 9.17) is 12.2 Å². The predicted molar refractivity (Wildman–Crippen MR) is 73.7 cm³/mol. The Kier molecular flexibility index (Phi) is 3.38. The molecule has 3 heteroatoms. The van der Waals surface area contributed by atoms with Gasteiger partial charge in [-0.2, -0.15) is 0 Å². The van der Waals surface area contributed by atoms with Crippen LogP contribution in [-0.2, 0) is 0 Å². The summed E-state index contributed by atoms with van der Waals surface area (Å²) in [5.41, 5.74) is 4.62. The number of rotatable bonds is 2. The average molecular weight is 244 g/mol. The molecule has 1 aromatic heterocycles. The molecule has 0 amide bonds. The van der Waals surface area contributed by atoms with Crippen molar-refractivity contribution in [2.45, 2.75) is 26.7 Å². The Bertz CT molecular complexity index is 585. The number of aryl methyl sites for hydroxylation is 1. The van der Waals surface area contributed by atoms with E-state index >= 15 is 0 Å². The number of hydrogen-bond donors (Lipinski definition) is 1. The molecule has 0 aliphatic rings. The molecular weight excluding hydrogens is 228 g/mol. The van der Waals surface area contributed by atoms with Crippen molar-refractivity contribution in [1.82, 2.24) is 9.97 Å². The Morgan fingerprint density at radius 3 is 2.71 bits per heavy atom. The second-order valence-corrected chi connectivity index (χ2v) is 4.91. The van der Waals surface area contributed by atoms with Gasteiger partial charge >= 0.3 is 0 Å². The number of H-pyrrole nitrogens is 1. The van der Waals surface area contributed by atoms with Crippen molar-refractivity contribution >= 4 is 12.2 Å². The van der Waals surface area contributed by atoms with Crippen LogP contribution in [0.5, 0.6) is 0 Å². The fourth-order valence-corrected chi connectivity index (χ4v) is 2.38. The molecule has 0 aliphatic heterocycles. The van der Waals surface area contributed by atoms with Crippen LogP contribution in [0.1, 0.15) is 30.9 Å². The first-order chi connectivity index (χ1) is 8.09. The van der Waals surface area contributed by atoms with Gasteiger partial charge in [0.15, 0.2) is 0 Å². The summed E-state index contributed by atoms with van der Waals surface area (Å²) >= 11 is 5.32. The molecule has 17 heavy (non-hydrogen) atoms. The lowest BCUT2D eigenvalue weighted by atomic mass is 9.98. The molecule has 0 aliphatic carbocycles. The second-order valence-electron chi connectivity index (χ2n) is 4.52. The summed E-state index contributed by atoms with van der Waals surface area (Å²) in [6.07, 6.45) is 1.67. The fourth-order valence-electron chi connectivity index (χ4n) is 1.98. The molecule has 0 unspecified atom stereocenters. The molecule has 0 saturated carbocycles. The third-order valence-electron chi connectivity index (χ3n) is 2.77. The summed E-state index contributed by atoms with van der Waals surface area (Å²) < 4.78 is 0.690. The van der Waals surface area contributed by atoms with Gasteiger partial charge in [-0.15, -0.1) is 0 Å². The van der Waals surface area contributed by atoms with E-state index in [0.717, 1.165) is 11.3 Å². The monoisotopic (exact) mass is 244 g/mol. The van der Waals surface area contributed by atoms with Crippen LogP contribution in [0.15, 0.2) is 30.6 Å². The molecule has 2 nitrogen and oxygen atoms in total. The van der Waals surface area contributed by atoms with E-state index < -0.39 is 0 Å². The highest BCUT2D eigenvalue weighted by atomic mass is 32.1. The Morgan fingerprint density at radius 2 is 2.06 bits per heavy atom. The van der Waals surface area contributed by atoms with Crippen molar-refractivity contribution in [3.63, 3.8) is 0 Å². The summed E-state index contributed by atoms with van der Waals surface area (Å²) in [7, 11) is 0. The number of hydrogen-bond acceptors (Lipinski definition) is 2. The van der Waals surface area contributed by atoms with Crippen LogP contribution in [0.25, 0.3) is 11.3 Å². The van der Waals surface area contributed by atoms with Crippen molar-refractivity contribution in [2.24, 2.45) is 0 Å². The highest BCUT2D eigenvalue weighted by molar-refractivity contribution is 7.71. The van der Waals surface area contributed by atoms with E-state index in [1.807, 2.05) is 0 Å². The van der Waals surface area contributed by atoms with Gasteiger partial charge in [0.1, 0.15) is 4.64 Å². The predicted octanol–water partition coefficient (Wildman–Crippen LogP) is 4.24. The minimum Gasteiger partial charge on any atom is -0.346 e. The van der Waals surface area contributed by atoms with Crippen LogP contribution >= 0.6 is 12.2 Å². The van der Waals surface area contributed by atoms with Gasteiger partial charge in [0.05, 0.1) is 12.0 Å². The van der Waals surface area contributed by atoms with Gasteiger partial charge in [-0.25, -0.2) is 4.98 Å². The first-order valence-corrected chi connectivity index (χ1v) is 6.15. The molecule has 88 valence electrons. The SMILES string of the molecule is Cc1cccc(-c2[nH]cnc(=S)c2C(C)C)c1. The molecule has 0 fully saturated rings. The van der Waals surface area contributed by atoms with Gasteiger partial charge in [-0.1, -0.05) is 49.8 Å². The fraction of sp³-hybridized carbons (Fsp3) is 0.286. The number of aromatic amines is 1. The Hall–Kier alpha value is -1.48. The Morgan fingerprint density at radius 1 is 1.29 bits per heavy atom. The van der Waals surface area contributed by atoms with Gasteiger partial charge in [-0.05, 0) is 24.5 Å². The standard InChI is InChI=1S/C14H16N2S/c1-9(2)12-13(15-8-16-14(12)17)11-6-4-5-10(3)7-11/h4-9H,1-3H3,(H,15,16,17). The topological polar surface area (TPSA) is 28.7 Å². The van der Waals surface area contributed by atoms with E-state index in [1.165, 1.54) is 11.1 Å². The highest BCUT2D eigenvalue weighted by Gasteiger charge is 2.11. The summed E-state index contributed by atoms with van der Waals surface area (Å²) in [6, 6.07) is 8.41. The minimum atomic E-state index is 0.364. The summed E-state index contributed by atoms with van der Waals surface area (Å²) in [6.45, 7) is 6.37.